The highest BCUT2D eigenvalue weighted by Gasteiger charge is 2.26. The van der Waals surface area contributed by atoms with E-state index in [9.17, 15) is 9.90 Å². The van der Waals surface area contributed by atoms with E-state index in [2.05, 4.69) is 4.98 Å². The Bertz CT molecular complexity index is 516. The van der Waals surface area contributed by atoms with Crippen LogP contribution in [0.15, 0.2) is 6.07 Å². The lowest BCUT2D eigenvalue weighted by atomic mass is 10.1. The van der Waals surface area contributed by atoms with Crippen LogP contribution >= 0.6 is 0 Å². The van der Waals surface area contributed by atoms with E-state index in [1.807, 2.05) is 17.9 Å². The van der Waals surface area contributed by atoms with Crippen LogP contribution in [0.25, 0.3) is 0 Å². The molecule has 102 valence electrons. The maximum Gasteiger partial charge on any atom is 0.339 e. The topological polar surface area (TPSA) is 62.7 Å². The van der Waals surface area contributed by atoms with Crippen LogP contribution in [0.2, 0.25) is 0 Å². The molecule has 1 aromatic rings. The third-order valence-electron chi connectivity index (χ3n) is 3.80. The number of aromatic carboxylic acids is 1. The normalized spacial score (nSPS) is 22.4. The maximum absolute atomic E-state index is 11.4. The number of rotatable bonds is 2. The molecule has 0 saturated carbocycles. The van der Waals surface area contributed by atoms with Gasteiger partial charge in [-0.2, -0.15) is 0 Å². The molecule has 1 saturated heterocycles. The molecule has 2 aliphatic rings. The molecular formula is C14H18N2O3. The van der Waals surface area contributed by atoms with Gasteiger partial charge in [-0.05, 0) is 37.8 Å². The molecule has 0 bridgehead atoms. The van der Waals surface area contributed by atoms with E-state index in [0.717, 1.165) is 30.5 Å². The number of morpholine rings is 1. The van der Waals surface area contributed by atoms with Crippen LogP contribution in [0, 0.1) is 0 Å². The molecule has 3 rings (SSSR count). The van der Waals surface area contributed by atoms with Gasteiger partial charge in [-0.25, -0.2) is 9.78 Å². The van der Waals surface area contributed by atoms with Gasteiger partial charge in [-0.3, -0.25) is 0 Å². The second-order valence-corrected chi connectivity index (χ2v) is 5.25. The Kier molecular flexibility index (Phi) is 3.14. The molecule has 5 nitrogen and oxygen atoms in total. The summed E-state index contributed by atoms with van der Waals surface area (Å²) in [6.45, 7) is 4.03. The molecular weight excluding hydrogens is 244 g/mol. The fourth-order valence-electron chi connectivity index (χ4n) is 2.87. The summed E-state index contributed by atoms with van der Waals surface area (Å²) in [6, 6.07) is 1.81. The third kappa shape index (κ3) is 2.30. The number of carboxylic acid groups (broad SMARTS) is 1. The van der Waals surface area contributed by atoms with E-state index in [-0.39, 0.29) is 6.10 Å². The lowest BCUT2D eigenvalue weighted by Gasteiger charge is -2.33. The van der Waals surface area contributed by atoms with Gasteiger partial charge in [0.25, 0.3) is 0 Å². The first-order valence-corrected chi connectivity index (χ1v) is 6.78. The predicted octanol–water partition coefficient (Wildman–Crippen LogP) is 1.49. The Morgan fingerprint density at radius 2 is 2.37 bits per heavy atom. The number of aryl methyl sites for hydroxylation is 2. The third-order valence-corrected chi connectivity index (χ3v) is 3.80. The molecule has 2 heterocycles. The number of fused-ring (bicyclic) bond motifs is 1. The summed E-state index contributed by atoms with van der Waals surface area (Å²) in [5.74, 6) is -0.278. The van der Waals surface area contributed by atoms with Crippen molar-refractivity contribution in [3.8, 4) is 0 Å². The molecule has 0 aromatic carbocycles. The summed E-state index contributed by atoms with van der Waals surface area (Å²) in [7, 11) is 0. The molecule has 1 unspecified atom stereocenters. The van der Waals surface area contributed by atoms with Crippen LogP contribution in [0.4, 0.5) is 5.82 Å². The monoisotopic (exact) mass is 262 g/mol. The van der Waals surface area contributed by atoms with Gasteiger partial charge in [0.2, 0.25) is 0 Å². The van der Waals surface area contributed by atoms with Gasteiger partial charge in [-0.15, -0.1) is 0 Å². The zero-order valence-electron chi connectivity index (χ0n) is 11.1. The Labute approximate surface area is 112 Å². The van der Waals surface area contributed by atoms with Crippen LogP contribution in [0.3, 0.4) is 0 Å². The zero-order chi connectivity index (χ0) is 13.4. The fourth-order valence-corrected chi connectivity index (χ4v) is 2.87. The van der Waals surface area contributed by atoms with E-state index in [4.69, 9.17) is 4.74 Å². The average molecular weight is 262 g/mol. The Hall–Kier alpha value is -1.62. The zero-order valence-corrected chi connectivity index (χ0v) is 11.1. The number of pyridine rings is 1. The van der Waals surface area contributed by atoms with Crippen LogP contribution in [-0.2, 0) is 17.6 Å². The van der Waals surface area contributed by atoms with Crippen molar-refractivity contribution in [2.24, 2.45) is 0 Å². The van der Waals surface area contributed by atoms with Gasteiger partial charge in [0.05, 0.1) is 12.7 Å². The van der Waals surface area contributed by atoms with Gasteiger partial charge in [0.1, 0.15) is 11.4 Å². The van der Waals surface area contributed by atoms with Crippen molar-refractivity contribution in [1.29, 1.82) is 0 Å². The summed E-state index contributed by atoms with van der Waals surface area (Å²) in [5.41, 5.74) is 2.50. The number of aromatic nitrogens is 1. The van der Waals surface area contributed by atoms with Crippen LogP contribution in [0.1, 0.15) is 35.0 Å². The number of hydrogen-bond donors (Lipinski definition) is 1. The minimum absolute atomic E-state index is 0.116. The molecule has 1 aromatic heterocycles. The van der Waals surface area contributed by atoms with Crippen molar-refractivity contribution < 1.29 is 14.6 Å². The van der Waals surface area contributed by atoms with Crippen molar-refractivity contribution in [2.75, 3.05) is 24.6 Å². The number of hydrogen-bond acceptors (Lipinski definition) is 4. The Balaban J connectivity index is 2.01. The molecule has 1 N–H and O–H groups in total. The highest BCUT2D eigenvalue weighted by molar-refractivity contribution is 5.93. The number of carbonyl (C=O) groups is 1. The standard InChI is InChI=1S/C14H18N2O3/c1-9-8-16(5-6-19-9)13-11(14(17)18)7-10-3-2-4-12(10)15-13/h7,9H,2-6,8H2,1H3,(H,17,18). The number of anilines is 1. The van der Waals surface area contributed by atoms with Crippen molar-refractivity contribution >= 4 is 11.8 Å². The largest absolute Gasteiger partial charge is 0.478 e. The average Bonchev–Trinajstić information content (AvgIpc) is 2.84. The molecule has 1 aliphatic heterocycles. The minimum atomic E-state index is -0.892. The highest BCUT2D eigenvalue weighted by Crippen LogP contribution is 2.28. The van der Waals surface area contributed by atoms with Gasteiger partial charge < -0.3 is 14.7 Å². The summed E-state index contributed by atoms with van der Waals surface area (Å²) < 4.78 is 5.51. The van der Waals surface area contributed by atoms with Crippen LogP contribution in [-0.4, -0.2) is 41.9 Å². The number of carboxylic acids is 1. The first-order valence-electron chi connectivity index (χ1n) is 6.78. The highest BCUT2D eigenvalue weighted by atomic mass is 16.5. The van der Waals surface area contributed by atoms with E-state index in [1.165, 1.54) is 0 Å². The SMILES string of the molecule is CC1CN(c2nc3c(cc2C(=O)O)CCC3)CCO1. The number of ether oxygens (including phenoxy) is 1. The summed E-state index contributed by atoms with van der Waals surface area (Å²) in [4.78, 5) is 18.1. The molecule has 1 aliphatic carbocycles. The molecule has 1 fully saturated rings. The quantitative estimate of drug-likeness (QED) is 0.875. The van der Waals surface area contributed by atoms with E-state index in [0.29, 0.717) is 31.1 Å². The molecule has 0 amide bonds. The van der Waals surface area contributed by atoms with Crippen molar-refractivity contribution in [1.82, 2.24) is 4.98 Å². The van der Waals surface area contributed by atoms with Crippen molar-refractivity contribution in [3.63, 3.8) is 0 Å². The molecule has 5 heteroatoms. The summed E-state index contributed by atoms with van der Waals surface area (Å²) in [6.07, 6.45) is 3.10. The maximum atomic E-state index is 11.4. The van der Waals surface area contributed by atoms with Crippen LogP contribution in [0.5, 0.6) is 0 Å². The van der Waals surface area contributed by atoms with E-state index < -0.39 is 5.97 Å². The van der Waals surface area contributed by atoms with E-state index >= 15 is 0 Å². The van der Waals surface area contributed by atoms with Gasteiger partial charge in [0.15, 0.2) is 0 Å². The Morgan fingerprint density at radius 3 is 3.11 bits per heavy atom. The Morgan fingerprint density at radius 1 is 1.53 bits per heavy atom. The van der Waals surface area contributed by atoms with Gasteiger partial charge in [0, 0.05) is 18.8 Å². The summed E-state index contributed by atoms with van der Waals surface area (Å²) in [5, 5.41) is 9.40. The van der Waals surface area contributed by atoms with Crippen molar-refractivity contribution in [3.05, 3.63) is 22.9 Å². The number of nitrogens with zero attached hydrogens (tertiary/aromatic N) is 2. The predicted molar refractivity (Wildman–Crippen MR) is 70.8 cm³/mol. The fraction of sp³-hybridized carbons (Fsp3) is 0.571. The minimum Gasteiger partial charge on any atom is -0.478 e. The molecule has 0 spiro atoms. The van der Waals surface area contributed by atoms with E-state index in [1.54, 1.807) is 0 Å². The van der Waals surface area contributed by atoms with Crippen molar-refractivity contribution in [2.45, 2.75) is 32.3 Å². The summed E-state index contributed by atoms with van der Waals surface area (Å²) >= 11 is 0. The smallest absolute Gasteiger partial charge is 0.339 e. The van der Waals surface area contributed by atoms with Crippen LogP contribution < -0.4 is 4.90 Å². The second-order valence-electron chi connectivity index (χ2n) is 5.25. The molecule has 1 atom stereocenters. The lowest BCUT2D eigenvalue weighted by molar-refractivity contribution is 0.0524. The lowest BCUT2D eigenvalue weighted by Crippen LogP contribution is -2.42. The second kappa shape index (κ2) is 4.81. The molecule has 19 heavy (non-hydrogen) atoms. The van der Waals surface area contributed by atoms with Gasteiger partial charge in [-0.1, -0.05) is 0 Å². The first-order chi connectivity index (χ1) is 9.15. The van der Waals surface area contributed by atoms with Gasteiger partial charge >= 0.3 is 5.97 Å². The molecule has 0 radical (unpaired) electrons. The first kappa shape index (κ1) is 12.4.